The van der Waals surface area contributed by atoms with Crippen LogP contribution in [-0.2, 0) is 9.53 Å². The molecule has 0 aliphatic carbocycles. The summed E-state index contributed by atoms with van der Waals surface area (Å²) in [6.45, 7) is 3.40. The van der Waals surface area contributed by atoms with Gasteiger partial charge in [0.25, 0.3) is 0 Å². The zero-order chi connectivity index (χ0) is 6.15. The molecule has 2 unspecified atom stereocenters. The van der Waals surface area contributed by atoms with Gasteiger partial charge in [-0.1, -0.05) is 0 Å². The fourth-order valence-corrected chi connectivity index (χ4v) is 0.538. The van der Waals surface area contributed by atoms with Gasteiger partial charge in [0.2, 0.25) is 5.91 Å². The monoisotopic (exact) mass is 115 g/mol. The van der Waals surface area contributed by atoms with Crippen LogP contribution in [0.4, 0.5) is 0 Å². The third kappa shape index (κ3) is 1.20. The van der Waals surface area contributed by atoms with Crippen LogP contribution < -0.4 is 5.32 Å². The first kappa shape index (κ1) is 5.56. The molecule has 0 radical (unpaired) electrons. The van der Waals surface area contributed by atoms with Gasteiger partial charge in [0.15, 0.2) is 6.23 Å². The Kier molecular flexibility index (Phi) is 1.21. The van der Waals surface area contributed by atoms with Crippen molar-refractivity contribution in [1.29, 1.82) is 0 Å². The Bertz CT molecular complexity index is 113. The maximum atomic E-state index is 10.2. The Morgan fingerprint density at radius 2 is 2.25 bits per heavy atom. The molecule has 1 N–H and O–H groups in total. The molecular formula is C5H9NO2. The van der Waals surface area contributed by atoms with Crippen LogP contribution in [-0.4, -0.2) is 18.2 Å². The Hall–Kier alpha value is -0.570. The van der Waals surface area contributed by atoms with Gasteiger partial charge in [0.05, 0.1) is 0 Å². The summed E-state index contributed by atoms with van der Waals surface area (Å²) in [4.78, 5) is 10.2. The quantitative estimate of drug-likeness (QED) is 0.483. The van der Waals surface area contributed by atoms with Gasteiger partial charge < -0.3 is 10.1 Å². The van der Waals surface area contributed by atoms with Gasteiger partial charge in [0.1, 0.15) is 6.10 Å². The third-order valence-corrected chi connectivity index (χ3v) is 1.06. The molecule has 1 fully saturated rings. The highest BCUT2D eigenvalue weighted by molar-refractivity contribution is 5.73. The van der Waals surface area contributed by atoms with E-state index in [1.807, 2.05) is 6.92 Å². The maximum Gasteiger partial charge on any atom is 0.218 e. The van der Waals surface area contributed by atoms with Crippen LogP contribution in [0.3, 0.4) is 0 Å². The van der Waals surface area contributed by atoms with Crippen LogP contribution in [0.1, 0.15) is 13.8 Å². The first-order chi connectivity index (χ1) is 3.70. The number of amides is 1. The Labute approximate surface area is 48.0 Å². The van der Waals surface area contributed by atoms with E-state index < -0.39 is 0 Å². The molecular weight excluding hydrogens is 106 g/mol. The molecule has 1 aliphatic heterocycles. The average molecular weight is 115 g/mol. The van der Waals surface area contributed by atoms with Crippen LogP contribution in [0.5, 0.6) is 0 Å². The minimum Gasteiger partial charge on any atom is -0.348 e. The summed E-state index contributed by atoms with van der Waals surface area (Å²) in [5.74, 6) is -0.0284. The molecule has 3 heteroatoms. The molecule has 3 nitrogen and oxygen atoms in total. The lowest BCUT2D eigenvalue weighted by molar-refractivity contribution is -0.119. The average Bonchev–Trinajstić information content (AvgIpc) is 2.17. The SMILES string of the molecule is CC(=O)NC1OC1C. The Morgan fingerprint density at radius 3 is 2.38 bits per heavy atom. The molecule has 0 saturated carbocycles. The summed E-state index contributed by atoms with van der Waals surface area (Å²) in [6.07, 6.45) is 0.214. The van der Waals surface area contributed by atoms with Gasteiger partial charge in [-0.25, -0.2) is 0 Å². The van der Waals surface area contributed by atoms with Gasteiger partial charge in [-0.2, -0.15) is 0 Å². The molecule has 46 valence electrons. The zero-order valence-corrected chi connectivity index (χ0v) is 4.97. The standard InChI is InChI=1S/C5H9NO2/c1-3-5(8-3)6-4(2)7/h3,5H,1-2H3,(H,6,7). The number of carbonyl (C=O) groups is 1. The first-order valence-corrected chi connectivity index (χ1v) is 2.62. The van der Waals surface area contributed by atoms with E-state index in [9.17, 15) is 4.79 Å². The second-order valence-electron chi connectivity index (χ2n) is 1.96. The van der Waals surface area contributed by atoms with Crippen LogP contribution in [0.15, 0.2) is 0 Å². The third-order valence-electron chi connectivity index (χ3n) is 1.06. The van der Waals surface area contributed by atoms with Crippen molar-refractivity contribution in [2.75, 3.05) is 0 Å². The van der Waals surface area contributed by atoms with Crippen molar-refractivity contribution in [2.24, 2.45) is 0 Å². The minimum atomic E-state index is -0.0284. The number of carbonyl (C=O) groups excluding carboxylic acids is 1. The lowest BCUT2D eigenvalue weighted by Crippen LogP contribution is -2.24. The van der Waals surface area contributed by atoms with Gasteiger partial charge in [0, 0.05) is 6.92 Å². The summed E-state index contributed by atoms with van der Waals surface area (Å²) in [5.41, 5.74) is 0. The van der Waals surface area contributed by atoms with E-state index in [0.717, 1.165) is 0 Å². The minimum absolute atomic E-state index is 0.00694. The van der Waals surface area contributed by atoms with Gasteiger partial charge in [-0.15, -0.1) is 0 Å². The smallest absolute Gasteiger partial charge is 0.218 e. The van der Waals surface area contributed by atoms with Crippen molar-refractivity contribution in [1.82, 2.24) is 5.32 Å². The molecule has 1 rings (SSSR count). The summed E-state index contributed by atoms with van der Waals surface area (Å²) in [6, 6.07) is 0. The lowest BCUT2D eigenvalue weighted by atomic mass is 10.5. The maximum absolute atomic E-state index is 10.2. The van der Waals surface area contributed by atoms with Gasteiger partial charge in [-0.3, -0.25) is 4.79 Å². The highest BCUT2D eigenvalue weighted by Gasteiger charge is 2.34. The molecule has 0 aromatic carbocycles. The predicted octanol–water partition coefficient (Wildman–Crippen LogP) is -0.133. The molecule has 0 spiro atoms. The van der Waals surface area contributed by atoms with Gasteiger partial charge in [-0.05, 0) is 6.92 Å². The second-order valence-corrected chi connectivity index (χ2v) is 1.96. The van der Waals surface area contributed by atoms with Crippen molar-refractivity contribution in [3.63, 3.8) is 0 Å². The topological polar surface area (TPSA) is 41.6 Å². The zero-order valence-electron chi connectivity index (χ0n) is 4.97. The molecule has 0 aromatic heterocycles. The van der Waals surface area contributed by atoms with Crippen LogP contribution in [0.2, 0.25) is 0 Å². The van der Waals surface area contributed by atoms with E-state index in [-0.39, 0.29) is 18.2 Å². The summed E-state index contributed by atoms with van der Waals surface area (Å²) in [5, 5.41) is 2.61. The Balaban J connectivity index is 2.14. The highest BCUT2D eigenvalue weighted by Crippen LogP contribution is 2.16. The fourth-order valence-electron chi connectivity index (χ4n) is 0.538. The highest BCUT2D eigenvalue weighted by atomic mass is 16.6. The number of hydrogen-bond donors (Lipinski definition) is 1. The number of ether oxygens (including phenoxy) is 1. The second kappa shape index (κ2) is 1.74. The van der Waals surface area contributed by atoms with Crippen molar-refractivity contribution in [2.45, 2.75) is 26.2 Å². The Morgan fingerprint density at radius 1 is 1.75 bits per heavy atom. The van der Waals surface area contributed by atoms with Gasteiger partial charge >= 0.3 is 0 Å². The van der Waals surface area contributed by atoms with E-state index in [1.54, 1.807) is 0 Å². The number of hydrogen-bond acceptors (Lipinski definition) is 2. The van der Waals surface area contributed by atoms with Crippen LogP contribution in [0, 0.1) is 0 Å². The van der Waals surface area contributed by atoms with E-state index in [0.29, 0.717) is 0 Å². The van der Waals surface area contributed by atoms with Crippen molar-refractivity contribution in [3.05, 3.63) is 0 Å². The molecule has 0 aromatic rings. The normalized spacial score (nSPS) is 34.2. The van der Waals surface area contributed by atoms with E-state index >= 15 is 0 Å². The number of nitrogens with one attached hydrogen (secondary N) is 1. The van der Waals surface area contributed by atoms with E-state index in [1.165, 1.54) is 6.92 Å². The molecule has 1 amide bonds. The molecule has 1 saturated heterocycles. The molecule has 8 heavy (non-hydrogen) atoms. The molecule has 0 bridgehead atoms. The molecule has 1 aliphatic rings. The molecule has 1 heterocycles. The van der Waals surface area contributed by atoms with E-state index in [4.69, 9.17) is 4.74 Å². The first-order valence-electron chi connectivity index (χ1n) is 2.62. The largest absolute Gasteiger partial charge is 0.348 e. The van der Waals surface area contributed by atoms with Crippen LogP contribution >= 0.6 is 0 Å². The van der Waals surface area contributed by atoms with Crippen molar-refractivity contribution >= 4 is 5.91 Å². The van der Waals surface area contributed by atoms with Crippen molar-refractivity contribution in [3.8, 4) is 0 Å². The predicted molar refractivity (Wildman–Crippen MR) is 28.2 cm³/mol. The van der Waals surface area contributed by atoms with Crippen LogP contribution in [0.25, 0.3) is 0 Å². The van der Waals surface area contributed by atoms with E-state index in [2.05, 4.69) is 5.32 Å². The molecule has 2 atom stereocenters. The fraction of sp³-hybridized carbons (Fsp3) is 0.800. The summed E-state index contributed by atoms with van der Waals surface area (Å²) in [7, 11) is 0. The lowest BCUT2D eigenvalue weighted by Gasteiger charge is -1.90. The number of epoxide rings is 1. The summed E-state index contributed by atoms with van der Waals surface area (Å²) < 4.78 is 4.90. The summed E-state index contributed by atoms with van der Waals surface area (Å²) >= 11 is 0. The van der Waals surface area contributed by atoms with Crippen molar-refractivity contribution < 1.29 is 9.53 Å². The number of rotatable bonds is 1.